The molecule has 2 atom stereocenters. The zero-order valence-electron chi connectivity index (χ0n) is 9.72. The average Bonchev–Trinajstić information content (AvgIpc) is 3.04. The van der Waals surface area contributed by atoms with Crippen LogP contribution in [0.25, 0.3) is 0 Å². The fourth-order valence-corrected chi connectivity index (χ4v) is 2.41. The van der Waals surface area contributed by atoms with E-state index in [-0.39, 0.29) is 5.57 Å². The Morgan fingerprint density at radius 2 is 2.06 bits per heavy atom. The second-order valence-electron chi connectivity index (χ2n) is 5.11. The summed E-state index contributed by atoms with van der Waals surface area (Å²) in [5.74, 6) is -1.89. The van der Waals surface area contributed by atoms with Crippen LogP contribution >= 0.6 is 0 Å². The number of hydrogen-bond acceptors (Lipinski definition) is 2. The molecule has 2 rings (SSSR count). The number of carboxylic acids is 2. The van der Waals surface area contributed by atoms with Crippen molar-refractivity contribution in [2.45, 2.75) is 26.2 Å². The highest BCUT2D eigenvalue weighted by Gasteiger charge is 2.46. The molecule has 2 N–H and O–H groups in total. The molecule has 0 aliphatic heterocycles. The van der Waals surface area contributed by atoms with E-state index in [9.17, 15) is 14.7 Å². The number of carboxylic acid groups (broad SMARTS) is 2. The van der Waals surface area contributed by atoms with E-state index < -0.39 is 23.3 Å². The quantitative estimate of drug-likeness (QED) is 0.783. The summed E-state index contributed by atoms with van der Waals surface area (Å²) < 4.78 is 0. The van der Waals surface area contributed by atoms with Crippen molar-refractivity contribution in [1.82, 2.24) is 0 Å². The summed E-state index contributed by atoms with van der Waals surface area (Å²) in [6.45, 7) is 1.61. The average molecular weight is 236 g/mol. The first-order valence-corrected chi connectivity index (χ1v) is 5.81. The van der Waals surface area contributed by atoms with Gasteiger partial charge >= 0.3 is 11.9 Å². The van der Waals surface area contributed by atoms with Crippen molar-refractivity contribution in [1.29, 1.82) is 0 Å². The van der Waals surface area contributed by atoms with Gasteiger partial charge in [0, 0.05) is 11.5 Å². The predicted octanol–water partition coefficient (Wildman–Crippen LogP) is 2.07. The van der Waals surface area contributed by atoms with Crippen LogP contribution in [0.5, 0.6) is 0 Å². The van der Waals surface area contributed by atoms with Gasteiger partial charge in [-0.15, -0.1) is 0 Å². The molecule has 4 nitrogen and oxygen atoms in total. The van der Waals surface area contributed by atoms with Crippen LogP contribution in [-0.4, -0.2) is 22.2 Å². The molecule has 92 valence electrons. The van der Waals surface area contributed by atoms with Crippen LogP contribution in [0.2, 0.25) is 0 Å². The lowest BCUT2D eigenvalue weighted by Gasteiger charge is -2.34. The highest BCUT2D eigenvalue weighted by molar-refractivity contribution is 5.91. The van der Waals surface area contributed by atoms with E-state index in [1.807, 2.05) is 0 Å². The van der Waals surface area contributed by atoms with Gasteiger partial charge < -0.3 is 10.2 Å². The van der Waals surface area contributed by atoms with Gasteiger partial charge in [0.2, 0.25) is 0 Å². The molecule has 2 unspecified atom stereocenters. The maximum atomic E-state index is 11.4. The first-order chi connectivity index (χ1) is 7.95. The molecule has 0 spiro atoms. The van der Waals surface area contributed by atoms with Gasteiger partial charge in [-0.05, 0) is 19.3 Å². The van der Waals surface area contributed by atoms with E-state index in [1.165, 1.54) is 6.08 Å². The summed E-state index contributed by atoms with van der Waals surface area (Å²) in [6.07, 6.45) is 7.51. The molecule has 0 aromatic heterocycles. The summed E-state index contributed by atoms with van der Waals surface area (Å²) in [7, 11) is 0. The second kappa shape index (κ2) is 4.02. The molecule has 0 bridgehead atoms. The highest BCUT2D eigenvalue weighted by Crippen LogP contribution is 2.46. The van der Waals surface area contributed by atoms with Crippen molar-refractivity contribution in [3.63, 3.8) is 0 Å². The molecular formula is C13H16O4. The van der Waals surface area contributed by atoms with Crippen molar-refractivity contribution >= 4 is 11.9 Å². The Labute approximate surface area is 99.6 Å². The maximum absolute atomic E-state index is 11.4. The molecule has 2 aliphatic rings. The summed E-state index contributed by atoms with van der Waals surface area (Å²) >= 11 is 0. The third-order valence-electron chi connectivity index (χ3n) is 3.79. The minimum atomic E-state index is -1.09. The van der Waals surface area contributed by atoms with Crippen LogP contribution in [-0.2, 0) is 9.59 Å². The van der Waals surface area contributed by atoms with Gasteiger partial charge in [0.25, 0.3) is 0 Å². The van der Waals surface area contributed by atoms with Gasteiger partial charge in [-0.25, -0.2) is 4.79 Å². The highest BCUT2D eigenvalue weighted by atomic mass is 16.4. The Bertz CT molecular complexity index is 417. The number of allylic oxidation sites excluding steroid dienone is 2. The van der Waals surface area contributed by atoms with Gasteiger partial charge in [0.05, 0.1) is 5.41 Å². The Morgan fingerprint density at radius 1 is 1.41 bits per heavy atom. The van der Waals surface area contributed by atoms with E-state index in [0.717, 1.165) is 12.8 Å². The minimum Gasteiger partial charge on any atom is -0.481 e. The maximum Gasteiger partial charge on any atom is 0.331 e. The summed E-state index contributed by atoms with van der Waals surface area (Å²) in [5.41, 5.74) is -0.866. The zero-order chi connectivity index (χ0) is 12.6. The third-order valence-corrected chi connectivity index (χ3v) is 3.79. The molecule has 4 heteroatoms. The Morgan fingerprint density at radius 3 is 2.53 bits per heavy atom. The molecule has 0 radical (unpaired) electrons. The van der Waals surface area contributed by atoms with Gasteiger partial charge in [-0.1, -0.05) is 31.1 Å². The van der Waals surface area contributed by atoms with Crippen molar-refractivity contribution in [3.8, 4) is 0 Å². The number of carbonyl (C=O) groups is 2. The lowest BCUT2D eigenvalue weighted by Crippen LogP contribution is -2.38. The normalized spacial score (nSPS) is 32.1. The molecule has 0 heterocycles. The van der Waals surface area contributed by atoms with Crippen LogP contribution in [0.1, 0.15) is 26.2 Å². The number of aliphatic carboxylic acids is 2. The SMILES string of the molecule is CC1(C(=O)O)C=CC=C(C(=O)O)C1CC1CC1. The summed E-state index contributed by atoms with van der Waals surface area (Å²) in [4.78, 5) is 22.6. The predicted molar refractivity (Wildman–Crippen MR) is 61.4 cm³/mol. The molecule has 2 aliphatic carbocycles. The number of hydrogen-bond donors (Lipinski definition) is 2. The molecule has 0 aromatic carbocycles. The Balaban J connectivity index is 2.33. The summed E-state index contributed by atoms with van der Waals surface area (Å²) in [6, 6.07) is 0. The van der Waals surface area contributed by atoms with Gasteiger partial charge in [0.1, 0.15) is 0 Å². The first kappa shape index (κ1) is 11.9. The topological polar surface area (TPSA) is 74.6 Å². The van der Waals surface area contributed by atoms with Gasteiger partial charge in [-0.2, -0.15) is 0 Å². The van der Waals surface area contributed by atoms with Gasteiger partial charge in [0.15, 0.2) is 0 Å². The smallest absolute Gasteiger partial charge is 0.331 e. The fourth-order valence-electron chi connectivity index (χ4n) is 2.41. The van der Waals surface area contributed by atoms with E-state index in [0.29, 0.717) is 12.3 Å². The Kier molecular flexibility index (Phi) is 2.81. The van der Waals surface area contributed by atoms with Crippen molar-refractivity contribution in [2.24, 2.45) is 17.3 Å². The lowest BCUT2D eigenvalue weighted by atomic mass is 9.68. The molecule has 0 amide bonds. The largest absolute Gasteiger partial charge is 0.481 e. The van der Waals surface area contributed by atoms with Crippen molar-refractivity contribution < 1.29 is 19.8 Å². The fraction of sp³-hybridized carbons (Fsp3) is 0.538. The second-order valence-corrected chi connectivity index (χ2v) is 5.11. The van der Waals surface area contributed by atoms with Crippen molar-refractivity contribution in [2.75, 3.05) is 0 Å². The minimum absolute atomic E-state index is 0.226. The number of rotatable bonds is 4. The van der Waals surface area contributed by atoms with E-state index in [4.69, 9.17) is 5.11 Å². The van der Waals surface area contributed by atoms with Crippen LogP contribution in [0, 0.1) is 17.3 Å². The zero-order valence-corrected chi connectivity index (χ0v) is 9.72. The molecule has 0 aromatic rings. The van der Waals surface area contributed by atoms with Crippen LogP contribution in [0.4, 0.5) is 0 Å². The monoisotopic (exact) mass is 236 g/mol. The third kappa shape index (κ3) is 2.12. The molecular weight excluding hydrogens is 220 g/mol. The molecule has 0 saturated heterocycles. The first-order valence-electron chi connectivity index (χ1n) is 5.81. The molecule has 1 fully saturated rings. The lowest BCUT2D eigenvalue weighted by molar-refractivity contribution is -0.148. The van der Waals surface area contributed by atoms with Crippen molar-refractivity contribution in [3.05, 3.63) is 23.8 Å². The van der Waals surface area contributed by atoms with Crippen LogP contribution < -0.4 is 0 Å². The van der Waals surface area contributed by atoms with Crippen LogP contribution in [0.3, 0.4) is 0 Å². The van der Waals surface area contributed by atoms with Crippen LogP contribution in [0.15, 0.2) is 23.8 Å². The van der Waals surface area contributed by atoms with E-state index in [2.05, 4.69) is 0 Å². The molecule has 17 heavy (non-hydrogen) atoms. The summed E-state index contributed by atoms with van der Waals surface area (Å²) in [5, 5.41) is 18.5. The Hall–Kier alpha value is -1.58. The van der Waals surface area contributed by atoms with E-state index >= 15 is 0 Å². The van der Waals surface area contributed by atoms with E-state index in [1.54, 1.807) is 19.1 Å². The molecule has 1 saturated carbocycles. The standard InChI is InChI=1S/C13H16O4/c1-13(12(16)17)6-2-3-9(11(14)15)10(13)7-8-4-5-8/h2-3,6,8,10H,4-5,7H2,1H3,(H,14,15)(H,16,17). The van der Waals surface area contributed by atoms with Gasteiger partial charge in [-0.3, -0.25) is 4.79 Å².